The van der Waals surface area contributed by atoms with E-state index in [0.717, 1.165) is 28.3 Å². The van der Waals surface area contributed by atoms with Crippen LogP contribution in [-0.2, 0) is 28.7 Å². The Balaban J connectivity index is 1.48. The van der Waals surface area contributed by atoms with E-state index in [1.165, 1.54) is 12.3 Å². The van der Waals surface area contributed by atoms with Gasteiger partial charge in [0.2, 0.25) is 0 Å². The van der Waals surface area contributed by atoms with Crippen molar-refractivity contribution in [3.8, 4) is 28.0 Å². The first-order valence-corrected chi connectivity index (χ1v) is 12.8. The molecule has 0 saturated carbocycles. The molecule has 0 amide bonds. The maximum atomic E-state index is 13.8. The van der Waals surface area contributed by atoms with E-state index in [1.54, 1.807) is 13.0 Å². The van der Waals surface area contributed by atoms with Gasteiger partial charge in [0.1, 0.15) is 12.4 Å². The van der Waals surface area contributed by atoms with Crippen molar-refractivity contribution in [3.05, 3.63) is 120 Å². The van der Waals surface area contributed by atoms with Gasteiger partial charge in [-0.2, -0.15) is 13.2 Å². The lowest BCUT2D eigenvalue weighted by molar-refractivity contribution is -0.142. The highest BCUT2D eigenvalue weighted by atomic mass is 19.4. The zero-order valence-electron chi connectivity index (χ0n) is 21.7. The van der Waals surface area contributed by atoms with Crippen LogP contribution < -0.4 is 4.74 Å². The molecule has 0 spiro atoms. The average Bonchev–Trinajstić information content (AvgIpc) is 2.96. The number of nitrogens with zero attached hydrogens (tertiary/aromatic N) is 1. The molecule has 4 nitrogen and oxygen atoms in total. The van der Waals surface area contributed by atoms with Crippen molar-refractivity contribution < 1.29 is 27.4 Å². The maximum Gasteiger partial charge on any atom is 0.418 e. The van der Waals surface area contributed by atoms with Crippen molar-refractivity contribution in [3.63, 3.8) is 0 Å². The first kappa shape index (κ1) is 26.9. The Morgan fingerprint density at radius 1 is 0.825 bits per heavy atom. The number of fused-ring (bicyclic) bond motifs is 1. The van der Waals surface area contributed by atoms with Gasteiger partial charge in [-0.25, -0.2) is 0 Å². The number of benzene rings is 4. The van der Waals surface area contributed by atoms with Crippen molar-refractivity contribution in [2.24, 2.45) is 0 Å². The highest BCUT2D eigenvalue weighted by Crippen LogP contribution is 2.42. The van der Waals surface area contributed by atoms with Gasteiger partial charge in [-0.1, -0.05) is 78.9 Å². The number of hydrogen-bond acceptors (Lipinski definition) is 4. The predicted octanol–water partition coefficient (Wildman–Crippen LogP) is 8.27. The molecule has 1 aromatic heterocycles. The molecule has 0 unspecified atom stereocenters. The number of aromatic nitrogens is 1. The second-order valence-electron chi connectivity index (χ2n) is 9.23. The summed E-state index contributed by atoms with van der Waals surface area (Å²) in [6.45, 7) is 2.40. The molecule has 0 fully saturated rings. The highest BCUT2D eigenvalue weighted by molar-refractivity contribution is 6.03. The van der Waals surface area contributed by atoms with Gasteiger partial charge < -0.3 is 9.47 Å². The molecule has 0 saturated heterocycles. The van der Waals surface area contributed by atoms with Crippen LogP contribution in [-0.4, -0.2) is 17.6 Å². The smallest absolute Gasteiger partial charge is 0.418 e. The topological polar surface area (TPSA) is 48.4 Å². The molecule has 0 N–H and O–H groups in total. The second-order valence-corrected chi connectivity index (χ2v) is 9.23. The molecule has 0 aliphatic heterocycles. The van der Waals surface area contributed by atoms with Crippen molar-refractivity contribution in [2.45, 2.75) is 26.1 Å². The molecular formula is C33H26F3NO3. The molecule has 1 heterocycles. The number of pyridine rings is 1. The fourth-order valence-electron chi connectivity index (χ4n) is 4.64. The fourth-order valence-corrected chi connectivity index (χ4v) is 4.64. The molecule has 7 heteroatoms. The van der Waals surface area contributed by atoms with Crippen molar-refractivity contribution >= 4 is 16.9 Å². The average molecular weight is 542 g/mol. The normalized spacial score (nSPS) is 11.4. The number of carbonyl (C=O) groups excluding carboxylic acids is 1. The molecule has 5 rings (SSSR count). The second kappa shape index (κ2) is 11.6. The Hall–Kier alpha value is -4.65. The largest absolute Gasteiger partial charge is 0.489 e. The Kier molecular flexibility index (Phi) is 7.82. The minimum Gasteiger partial charge on any atom is -0.489 e. The molecule has 0 atom stereocenters. The molecule has 4 aromatic carbocycles. The van der Waals surface area contributed by atoms with Gasteiger partial charge in [0.15, 0.2) is 0 Å². The van der Waals surface area contributed by atoms with Crippen molar-refractivity contribution in [1.29, 1.82) is 0 Å². The minimum atomic E-state index is -4.53. The molecule has 202 valence electrons. The van der Waals surface area contributed by atoms with E-state index >= 15 is 0 Å². The summed E-state index contributed by atoms with van der Waals surface area (Å²) >= 11 is 0. The van der Waals surface area contributed by atoms with E-state index in [1.807, 2.05) is 78.9 Å². The molecular weight excluding hydrogens is 515 g/mol. The first-order valence-electron chi connectivity index (χ1n) is 12.8. The summed E-state index contributed by atoms with van der Waals surface area (Å²) in [5.74, 6) is 0.299. The van der Waals surface area contributed by atoms with Gasteiger partial charge >= 0.3 is 12.1 Å². The van der Waals surface area contributed by atoms with Crippen LogP contribution in [0.3, 0.4) is 0 Å². The Bertz CT molecular complexity index is 1630. The Labute approximate surface area is 230 Å². The zero-order chi connectivity index (χ0) is 28.1. The lowest BCUT2D eigenvalue weighted by atomic mass is 9.91. The molecule has 0 aliphatic carbocycles. The molecule has 0 aliphatic rings. The third kappa shape index (κ3) is 5.99. The number of ether oxygens (including phenoxy) is 2. The van der Waals surface area contributed by atoms with E-state index in [2.05, 4.69) is 4.98 Å². The van der Waals surface area contributed by atoms with E-state index < -0.39 is 11.7 Å². The first-order chi connectivity index (χ1) is 19.3. The fraction of sp³-hybridized carbons (Fsp3) is 0.152. The number of alkyl halides is 3. The van der Waals surface area contributed by atoms with Crippen LogP contribution in [0.4, 0.5) is 13.2 Å². The summed E-state index contributed by atoms with van der Waals surface area (Å²) in [5.41, 5.74) is 3.82. The van der Waals surface area contributed by atoms with Gasteiger partial charge in [0.05, 0.1) is 24.1 Å². The third-order valence-corrected chi connectivity index (χ3v) is 6.49. The van der Waals surface area contributed by atoms with Gasteiger partial charge in [-0.05, 0) is 47.4 Å². The van der Waals surface area contributed by atoms with E-state index in [0.29, 0.717) is 28.9 Å². The highest BCUT2D eigenvalue weighted by Gasteiger charge is 2.33. The summed E-state index contributed by atoms with van der Waals surface area (Å²) in [5, 5.41) is 0.408. The minimum absolute atomic E-state index is 0.0982. The van der Waals surface area contributed by atoms with Crippen LogP contribution in [0.25, 0.3) is 33.2 Å². The van der Waals surface area contributed by atoms with Crippen molar-refractivity contribution in [1.82, 2.24) is 4.98 Å². The number of hydrogen-bond donors (Lipinski definition) is 0. The number of carbonyl (C=O) groups is 1. The zero-order valence-corrected chi connectivity index (χ0v) is 21.7. The quantitative estimate of drug-likeness (QED) is 0.186. The van der Waals surface area contributed by atoms with E-state index in [4.69, 9.17) is 9.47 Å². The molecule has 0 radical (unpaired) electrons. The lowest BCUT2D eigenvalue weighted by Crippen LogP contribution is -2.07. The van der Waals surface area contributed by atoms with Crippen LogP contribution in [0.1, 0.15) is 23.6 Å². The Morgan fingerprint density at radius 2 is 1.52 bits per heavy atom. The van der Waals surface area contributed by atoms with Crippen LogP contribution in [0.2, 0.25) is 0 Å². The standard InChI is InChI=1S/C33H26F3NO3/c1-2-39-30(38)18-22-14-16-23(17-15-22)21-40-26-11-6-10-25(19-26)31-27-12-7-13-29(33(34,35)36)32(27)37-20-28(31)24-8-4-3-5-9-24/h3-17,19-20H,2,18,21H2,1H3. The molecule has 5 aromatic rings. The summed E-state index contributed by atoms with van der Waals surface area (Å²) in [4.78, 5) is 16.0. The number of halogens is 3. The monoisotopic (exact) mass is 541 g/mol. The van der Waals surface area contributed by atoms with Gasteiger partial charge in [-0.15, -0.1) is 0 Å². The van der Waals surface area contributed by atoms with Gasteiger partial charge in [0.25, 0.3) is 0 Å². The van der Waals surface area contributed by atoms with E-state index in [-0.39, 0.29) is 24.5 Å². The lowest BCUT2D eigenvalue weighted by Gasteiger charge is -2.17. The number of esters is 1. The van der Waals surface area contributed by atoms with Gasteiger partial charge in [-0.3, -0.25) is 9.78 Å². The summed E-state index contributed by atoms with van der Waals surface area (Å²) in [6.07, 6.45) is -2.82. The van der Waals surface area contributed by atoms with E-state index in [9.17, 15) is 18.0 Å². The van der Waals surface area contributed by atoms with Crippen LogP contribution in [0, 0.1) is 0 Å². The maximum absolute atomic E-state index is 13.8. The van der Waals surface area contributed by atoms with Crippen molar-refractivity contribution in [2.75, 3.05) is 6.61 Å². The summed E-state index contributed by atoms with van der Waals surface area (Å²) < 4.78 is 52.6. The summed E-state index contributed by atoms with van der Waals surface area (Å²) in [7, 11) is 0. The summed E-state index contributed by atoms with van der Waals surface area (Å²) in [6, 6.07) is 28.4. The molecule has 0 bridgehead atoms. The number of rotatable bonds is 8. The predicted molar refractivity (Wildman–Crippen MR) is 149 cm³/mol. The number of para-hydroxylation sites is 1. The van der Waals surface area contributed by atoms with Crippen LogP contribution in [0.5, 0.6) is 5.75 Å². The van der Waals surface area contributed by atoms with Crippen LogP contribution in [0.15, 0.2) is 103 Å². The SMILES string of the molecule is CCOC(=O)Cc1ccc(COc2cccc(-c3c(-c4ccccc4)cnc4c(C(F)(F)F)cccc34)c2)cc1. The molecule has 40 heavy (non-hydrogen) atoms. The third-order valence-electron chi connectivity index (χ3n) is 6.49. The van der Waals surface area contributed by atoms with Gasteiger partial charge in [0, 0.05) is 22.7 Å². The Morgan fingerprint density at radius 3 is 2.25 bits per heavy atom. The van der Waals surface area contributed by atoms with Crippen LogP contribution >= 0.6 is 0 Å².